The van der Waals surface area contributed by atoms with Gasteiger partial charge in [-0.15, -0.1) is 0 Å². The van der Waals surface area contributed by atoms with Gasteiger partial charge >= 0.3 is 0 Å². The molecule has 1 aliphatic rings. The molecule has 8 nitrogen and oxygen atoms in total. The first-order chi connectivity index (χ1) is 15.1. The van der Waals surface area contributed by atoms with Crippen LogP contribution in [0, 0.1) is 11.7 Å². The zero-order valence-electron chi connectivity index (χ0n) is 18.1. The second kappa shape index (κ2) is 9.66. The minimum Gasteiger partial charge on any atom is -0.494 e. The van der Waals surface area contributed by atoms with Crippen LogP contribution in [0.1, 0.15) is 26.7 Å². The fourth-order valence-electron chi connectivity index (χ4n) is 3.49. The quantitative estimate of drug-likeness (QED) is 0.626. The van der Waals surface area contributed by atoms with Crippen molar-refractivity contribution in [2.45, 2.75) is 37.6 Å². The zero-order valence-corrected chi connectivity index (χ0v) is 18.9. The van der Waals surface area contributed by atoms with Gasteiger partial charge in [0.2, 0.25) is 21.8 Å². The SMILES string of the molecule is COc1cc(NC(=O)[C@@H](NS(=O)(=O)c2ccccc2F)C(C)C)ccc1N1CCCC1=O. The molecule has 1 saturated heterocycles. The Morgan fingerprint density at radius 1 is 1.19 bits per heavy atom. The molecule has 0 aromatic heterocycles. The van der Waals surface area contributed by atoms with Gasteiger partial charge in [0.25, 0.3) is 0 Å². The summed E-state index contributed by atoms with van der Waals surface area (Å²) in [6.07, 6.45) is 1.23. The van der Waals surface area contributed by atoms with Crippen molar-refractivity contribution in [3.05, 3.63) is 48.3 Å². The van der Waals surface area contributed by atoms with Crippen molar-refractivity contribution < 1.29 is 27.1 Å². The van der Waals surface area contributed by atoms with Crippen molar-refractivity contribution >= 4 is 33.2 Å². The minimum atomic E-state index is -4.26. The maximum absolute atomic E-state index is 14.0. The second-order valence-corrected chi connectivity index (χ2v) is 9.48. The van der Waals surface area contributed by atoms with Gasteiger partial charge in [0, 0.05) is 24.7 Å². The van der Waals surface area contributed by atoms with Crippen molar-refractivity contribution in [3.63, 3.8) is 0 Å². The zero-order chi connectivity index (χ0) is 23.5. The molecule has 1 fully saturated rings. The van der Waals surface area contributed by atoms with Crippen molar-refractivity contribution in [1.82, 2.24) is 4.72 Å². The van der Waals surface area contributed by atoms with E-state index in [-0.39, 0.29) is 5.91 Å². The normalized spacial score (nSPS) is 15.2. The Balaban J connectivity index is 1.80. The third-order valence-electron chi connectivity index (χ3n) is 5.17. The van der Waals surface area contributed by atoms with Gasteiger partial charge in [0.15, 0.2) is 0 Å². The molecule has 2 aromatic rings. The van der Waals surface area contributed by atoms with Gasteiger partial charge in [-0.3, -0.25) is 9.59 Å². The topological polar surface area (TPSA) is 105 Å². The number of carbonyl (C=O) groups is 2. The molecular weight excluding hydrogens is 437 g/mol. The van der Waals surface area contributed by atoms with Crippen molar-refractivity contribution in [1.29, 1.82) is 0 Å². The van der Waals surface area contributed by atoms with E-state index >= 15 is 0 Å². The predicted molar refractivity (Wildman–Crippen MR) is 119 cm³/mol. The molecule has 0 aliphatic carbocycles. The van der Waals surface area contributed by atoms with Crippen LogP contribution in [0.2, 0.25) is 0 Å². The van der Waals surface area contributed by atoms with Gasteiger partial charge < -0.3 is 15.0 Å². The van der Waals surface area contributed by atoms with Crippen LogP contribution >= 0.6 is 0 Å². The van der Waals surface area contributed by atoms with E-state index in [1.807, 2.05) is 0 Å². The molecule has 2 aromatic carbocycles. The molecule has 10 heteroatoms. The highest BCUT2D eigenvalue weighted by Gasteiger charge is 2.30. The molecule has 172 valence electrons. The minimum absolute atomic E-state index is 0.00232. The second-order valence-electron chi connectivity index (χ2n) is 7.80. The van der Waals surface area contributed by atoms with Crippen LogP contribution in [0.4, 0.5) is 15.8 Å². The molecule has 0 saturated carbocycles. The Morgan fingerprint density at radius 3 is 2.50 bits per heavy atom. The number of sulfonamides is 1. The molecule has 2 amide bonds. The summed E-state index contributed by atoms with van der Waals surface area (Å²) in [6, 6.07) is 8.67. The number of ether oxygens (including phenoxy) is 1. The molecule has 0 unspecified atom stereocenters. The first kappa shape index (κ1) is 23.7. The van der Waals surface area contributed by atoms with Crippen LogP contribution in [-0.4, -0.2) is 39.9 Å². The van der Waals surface area contributed by atoms with Gasteiger partial charge in [-0.2, -0.15) is 4.72 Å². The molecule has 3 rings (SSSR count). The van der Waals surface area contributed by atoms with Gasteiger partial charge in [-0.25, -0.2) is 12.8 Å². The largest absolute Gasteiger partial charge is 0.494 e. The molecule has 0 spiro atoms. The van der Waals surface area contributed by atoms with Crippen LogP contribution in [-0.2, 0) is 19.6 Å². The molecule has 1 aliphatic heterocycles. The van der Waals surface area contributed by atoms with E-state index in [0.717, 1.165) is 18.6 Å². The van der Waals surface area contributed by atoms with Gasteiger partial charge in [0.05, 0.1) is 12.8 Å². The van der Waals surface area contributed by atoms with E-state index in [0.29, 0.717) is 30.1 Å². The summed E-state index contributed by atoms with van der Waals surface area (Å²) in [6.45, 7) is 3.95. The van der Waals surface area contributed by atoms with Gasteiger partial charge in [-0.05, 0) is 36.6 Å². The lowest BCUT2D eigenvalue weighted by Crippen LogP contribution is -2.47. The summed E-state index contributed by atoms with van der Waals surface area (Å²) in [5.74, 6) is -1.51. The fourth-order valence-corrected chi connectivity index (χ4v) is 4.91. The maximum atomic E-state index is 14.0. The number of rotatable bonds is 8. The number of hydrogen-bond acceptors (Lipinski definition) is 5. The Hall–Kier alpha value is -2.98. The van der Waals surface area contributed by atoms with E-state index in [1.54, 1.807) is 36.9 Å². The van der Waals surface area contributed by atoms with Crippen LogP contribution in [0.25, 0.3) is 0 Å². The van der Waals surface area contributed by atoms with E-state index in [1.165, 1.54) is 19.2 Å². The van der Waals surface area contributed by atoms with Crippen LogP contribution in [0.3, 0.4) is 0 Å². The Bertz CT molecular complexity index is 1120. The summed E-state index contributed by atoms with van der Waals surface area (Å²) in [4.78, 5) is 26.1. The first-order valence-corrected chi connectivity index (χ1v) is 11.7. The number of nitrogens with one attached hydrogen (secondary N) is 2. The summed E-state index contributed by atoms with van der Waals surface area (Å²) in [5.41, 5.74) is 0.978. The summed E-state index contributed by atoms with van der Waals surface area (Å²) < 4.78 is 47.0. The van der Waals surface area contributed by atoms with Crippen molar-refractivity contribution in [2.75, 3.05) is 23.9 Å². The number of anilines is 2. The number of amides is 2. The molecule has 0 radical (unpaired) electrons. The lowest BCUT2D eigenvalue weighted by Gasteiger charge is -2.23. The third kappa shape index (κ3) is 5.08. The van der Waals surface area contributed by atoms with E-state index in [2.05, 4.69) is 10.0 Å². The van der Waals surface area contributed by atoms with Gasteiger partial charge in [0.1, 0.15) is 22.5 Å². The molecule has 0 bridgehead atoms. The monoisotopic (exact) mass is 463 g/mol. The van der Waals surface area contributed by atoms with E-state index in [4.69, 9.17) is 4.74 Å². The average Bonchev–Trinajstić information content (AvgIpc) is 3.17. The van der Waals surface area contributed by atoms with E-state index < -0.39 is 38.6 Å². The smallest absolute Gasteiger partial charge is 0.244 e. The summed E-state index contributed by atoms with van der Waals surface area (Å²) in [7, 11) is -2.80. The van der Waals surface area contributed by atoms with Crippen LogP contribution < -0.4 is 19.7 Å². The lowest BCUT2D eigenvalue weighted by atomic mass is 10.0. The highest BCUT2D eigenvalue weighted by molar-refractivity contribution is 7.89. The molecule has 1 heterocycles. The standard InChI is InChI=1S/C22H26FN3O5S/c1-14(2)21(25-32(29,30)19-8-5-4-7-16(19)23)22(28)24-15-10-11-17(18(13-15)31-3)26-12-6-9-20(26)27/h4-5,7-8,10-11,13-14,21,25H,6,9,12H2,1-3H3,(H,24,28)/t21-/m0/s1. The van der Waals surface area contributed by atoms with Gasteiger partial charge in [-0.1, -0.05) is 26.0 Å². The number of methoxy groups -OCH3 is 1. The number of benzene rings is 2. The van der Waals surface area contributed by atoms with Crippen molar-refractivity contribution in [3.8, 4) is 5.75 Å². The summed E-state index contributed by atoms with van der Waals surface area (Å²) in [5, 5.41) is 2.67. The Morgan fingerprint density at radius 2 is 1.91 bits per heavy atom. The van der Waals surface area contributed by atoms with Crippen molar-refractivity contribution in [2.24, 2.45) is 5.92 Å². The van der Waals surface area contributed by atoms with E-state index in [9.17, 15) is 22.4 Å². The third-order valence-corrected chi connectivity index (χ3v) is 6.64. The number of carbonyl (C=O) groups excluding carboxylic acids is 2. The molecule has 2 N–H and O–H groups in total. The van der Waals surface area contributed by atoms with Crippen LogP contribution in [0.15, 0.2) is 47.4 Å². The Kier molecular flexibility index (Phi) is 7.15. The number of halogens is 1. The fraction of sp³-hybridized carbons (Fsp3) is 0.364. The first-order valence-electron chi connectivity index (χ1n) is 10.2. The average molecular weight is 464 g/mol. The number of hydrogen-bond donors (Lipinski definition) is 2. The predicted octanol–water partition coefficient (Wildman–Crippen LogP) is 2.90. The maximum Gasteiger partial charge on any atom is 0.244 e. The Labute approximate surface area is 186 Å². The number of nitrogens with zero attached hydrogens (tertiary/aromatic N) is 1. The molecular formula is C22H26FN3O5S. The summed E-state index contributed by atoms with van der Waals surface area (Å²) >= 11 is 0. The lowest BCUT2D eigenvalue weighted by molar-refractivity contribution is -0.119. The molecule has 32 heavy (non-hydrogen) atoms. The van der Waals surface area contributed by atoms with Crippen LogP contribution in [0.5, 0.6) is 5.75 Å². The highest BCUT2D eigenvalue weighted by atomic mass is 32.2. The molecule has 1 atom stereocenters. The highest BCUT2D eigenvalue weighted by Crippen LogP contribution is 2.34.